The Labute approximate surface area is 124 Å². The molecule has 3 heteroatoms. The number of hydrogen-bond donors (Lipinski definition) is 0. The Kier molecular flexibility index (Phi) is 3.58. The maximum atomic E-state index is 6.60. The Hall–Kier alpha value is -1.67. The normalized spacial score (nSPS) is 18.6. The van der Waals surface area contributed by atoms with E-state index in [4.69, 9.17) is 21.1 Å². The van der Waals surface area contributed by atoms with Gasteiger partial charge in [0.1, 0.15) is 6.61 Å². The summed E-state index contributed by atoms with van der Waals surface area (Å²) in [6, 6.07) is 14.0. The van der Waals surface area contributed by atoms with Gasteiger partial charge in [-0.25, -0.2) is 0 Å². The Morgan fingerprint density at radius 1 is 1.10 bits per heavy atom. The van der Waals surface area contributed by atoms with E-state index < -0.39 is 0 Å². The van der Waals surface area contributed by atoms with Crippen LogP contribution in [0.15, 0.2) is 42.5 Å². The molecule has 2 aromatic carbocycles. The standard InChI is InChI=1S/C17H17ClO2/c1-11-7-8-13(12(2)9-11)17(18)16-10-19-14-5-3-4-6-15(14)20-16/h3-9,16-17H,10H2,1-2H3. The molecule has 3 rings (SSSR count). The van der Waals surface area contributed by atoms with Crippen molar-refractivity contribution in [3.8, 4) is 11.5 Å². The third-order valence-corrected chi connectivity index (χ3v) is 4.10. The molecule has 20 heavy (non-hydrogen) atoms. The molecule has 0 radical (unpaired) electrons. The van der Waals surface area contributed by atoms with Crippen LogP contribution in [0.2, 0.25) is 0 Å². The monoisotopic (exact) mass is 288 g/mol. The highest BCUT2D eigenvalue weighted by Crippen LogP contribution is 2.37. The summed E-state index contributed by atoms with van der Waals surface area (Å²) in [6.07, 6.45) is -0.173. The van der Waals surface area contributed by atoms with E-state index in [0.717, 1.165) is 17.1 Å². The summed E-state index contributed by atoms with van der Waals surface area (Å²) in [4.78, 5) is 0. The van der Waals surface area contributed by atoms with Crippen molar-refractivity contribution in [3.05, 3.63) is 59.2 Å². The second-order valence-electron chi connectivity index (χ2n) is 5.18. The highest BCUT2D eigenvalue weighted by Gasteiger charge is 2.29. The van der Waals surface area contributed by atoms with Crippen molar-refractivity contribution < 1.29 is 9.47 Å². The zero-order valence-electron chi connectivity index (χ0n) is 11.6. The molecule has 0 spiro atoms. The van der Waals surface area contributed by atoms with Gasteiger partial charge in [-0.05, 0) is 37.1 Å². The molecule has 0 aromatic heterocycles. The molecule has 0 aliphatic carbocycles. The first kappa shape index (κ1) is 13.3. The first-order chi connectivity index (χ1) is 9.65. The van der Waals surface area contributed by atoms with E-state index in [1.165, 1.54) is 11.1 Å². The van der Waals surface area contributed by atoms with Gasteiger partial charge in [-0.15, -0.1) is 11.6 Å². The van der Waals surface area contributed by atoms with Crippen molar-refractivity contribution in [1.29, 1.82) is 0 Å². The maximum absolute atomic E-state index is 6.60. The lowest BCUT2D eigenvalue weighted by Crippen LogP contribution is -2.33. The average molecular weight is 289 g/mol. The number of alkyl halides is 1. The summed E-state index contributed by atoms with van der Waals surface area (Å²) in [6.45, 7) is 4.63. The van der Waals surface area contributed by atoms with Crippen molar-refractivity contribution in [2.24, 2.45) is 0 Å². The molecule has 104 valence electrons. The highest BCUT2D eigenvalue weighted by molar-refractivity contribution is 6.21. The molecule has 0 saturated carbocycles. The van der Waals surface area contributed by atoms with Crippen LogP contribution in [0, 0.1) is 13.8 Å². The van der Waals surface area contributed by atoms with Crippen molar-refractivity contribution in [1.82, 2.24) is 0 Å². The molecule has 1 heterocycles. The summed E-state index contributed by atoms with van der Waals surface area (Å²) < 4.78 is 11.7. The molecule has 0 saturated heterocycles. The van der Waals surface area contributed by atoms with Crippen LogP contribution in [0.5, 0.6) is 11.5 Å². The van der Waals surface area contributed by atoms with Crippen molar-refractivity contribution in [3.63, 3.8) is 0 Å². The molecule has 0 fully saturated rings. The molecule has 0 bridgehead atoms. The lowest BCUT2D eigenvalue weighted by Gasteiger charge is -2.30. The van der Waals surface area contributed by atoms with Crippen LogP contribution in [0.4, 0.5) is 0 Å². The van der Waals surface area contributed by atoms with Gasteiger partial charge in [0, 0.05) is 0 Å². The third-order valence-electron chi connectivity index (χ3n) is 3.58. The van der Waals surface area contributed by atoms with Gasteiger partial charge in [-0.2, -0.15) is 0 Å². The number of para-hydroxylation sites is 2. The van der Waals surface area contributed by atoms with E-state index in [-0.39, 0.29) is 11.5 Å². The fourth-order valence-electron chi connectivity index (χ4n) is 2.52. The molecule has 0 N–H and O–H groups in total. The van der Waals surface area contributed by atoms with Gasteiger partial charge in [0.15, 0.2) is 17.6 Å². The van der Waals surface area contributed by atoms with Crippen molar-refractivity contribution in [2.45, 2.75) is 25.3 Å². The smallest absolute Gasteiger partial charge is 0.161 e. The molecule has 2 nitrogen and oxygen atoms in total. The average Bonchev–Trinajstić information content (AvgIpc) is 2.46. The molecule has 2 unspecified atom stereocenters. The number of ether oxygens (including phenoxy) is 2. The third kappa shape index (κ3) is 2.48. The van der Waals surface area contributed by atoms with E-state index >= 15 is 0 Å². The van der Waals surface area contributed by atoms with E-state index in [0.29, 0.717) is 6.61 Å². The highest BCUT2D eigenvalue weighted by atomic mass is 35.5. The second-order valence-corrected chi connectivity index (χ2v) is 5.65. The van der Waals surface area contributed by atoms with Gasteiger partial charge in [0.25, 0.3) is 0 Å². The van der Waals surface area contributed by atoms with Gasteiger partial charge < -0.3 is 9.47 Å². The van der Waals surface area contributed by atoms with E-state index in [9.17, 15) is 0 Å². The van der Waals surface area contributed by atoms with Crippen molar-refractivity contribution in [2.75, 3.05) is 6.61 Å². The second kappa shape index (κ2) is 5.37. The SMILES string of the molecule is Cc1ccc(C(Cl)C2COc3ccccc3O2)c(C)c1. The van der Waals surface area contributed by atoms with Crippen LogP contribution in [0.25, 0.3) is 0 Å². The molecule has 2 atom stereocenters. The fraction of sp³-hybridized carbons (Fsp3) is 0.294. The number of fused-ring (bicyclic) bond motifs is 1. The summed E-state index contributed by atoms with van der Waals surface area (Å²) in [5.74, 6) is 1.55. The minimum atomic E-state index is -0.219. The number of halogens is 1. The zero-order chi connectivity index (χ0) is 14.1. The molecular formula is C17H17ClO2. The first-order valence-corrected chi connectivity index (χ1v) is 7.18. The lowest BCUT2D eigenvalue weighted by atomic mass is 10.00. The van der Waals surface area contributed by atoms with E-state index in [1.54, 1.807) is 0 Å². The largest absolute Gasteiger partial charge is 0.486 e. The van der Waals surface area contributed by atoms with Gasteiger partial charge in [-0.1, -0.05) is 35.9 Å². The molecule has 2 aromatic rings. The van der Waals surface area contributed by atoms with Crippen molar-refractivity contribution >= 4 is 11.6 Å². The molecule has 0 amide bonds. The molecule has 1 aliphatic rings. The van der Waals surface area contributed by atoms with E-state index in [1.807, 2.05) is 24.3 Å². The van der Waals surface area contributed by atoms with Crippen LogP contribution in [0.3, 0.4) is 0 Å². The Balaban J connectivity index is 1.84. The predicted octanol–water partition coefficient (Wildman–Crippen LogP) is 4.42. The number of benzene rings is 2. The summed E-state index contributed by atoms with van der Waals surface area (Å²) >= 11 is 6.60. The van der Waals surface area contributed by atoms with Gasteiger partial charge in [0.2, 0.25) is 0 Å². The zero-order valence-corrected chi connectivity index (χ0v) is 12.4. The fourth-order valence-corrected chi connectivity index (χ4v) is 2.88. The van der Waals surface area contributed by atoms with Crippen LogP contribution in [-0.2, 0) is 0 Å². The predicted molar refractivity (Wildman–Crippen MR) is 80.9 cm³/mol. The summed E-state index contributed by atoms with van der Waals surface area (Å²) in [7, 11) is 0. The van der Waals surface area contributed by atoms with Gasteiger partial charge in [-0.3, -0.25) is 0 Å². The van der Waals surface area contributed by atoms with Crippen LogP contribution in [0.1, 0.15) is 22.1 Å². The topological polar surface area (TPSA) is 18.5 Å². The van der Waals surface area contributed by atoms with Crippen LogP contribution < -0.4 is 9.47 Å². The summed E-state index contributed by atoms with van der Waals surface area (Å²) in [5, 5.41) is -0.219. The van der Waals surface area contributed by atoms with Gasteiger partial charge >= 0.3 is 0 Å². The molecular weight excluding hydrogens is 272 g/mol. The Morgan fingerprint density at radius 2 is 1.85 bits per heavy atom. The van der Waals surface area contributed by atoms with E-state index in [2.05, 4.69) is 32.0 Å². The minimum absolute atomic E-state index is 0.173. The number of aryl methyl sites for hydroxylation is 2. The van der Waals surface area contributed by atoms with Gasteiger partial charge in [0.05, 0.1) is 5.38 Å². The minimum Gasteiger partial charge on any atom is -0.486 e. The van der Waals surface area contributed by atoms with Crippen LogP contribution >= 0.6 is 11.6 Å². The number of rotatable bonds is 2. The lowest BCUT2D eigenvalue weighted by molar-refractivity contribution is 0.0876. The number of hydrogen-bond acceptors (Lipinski definition) is 2. The molecule has 1 aliphatic heterocycles. The Bertz CT molecular complexity index is 624. The summed E-state index contributed by atoms with van der Waals surface area (Å²) in [5.41, 5.74) is 3.53. The quantitative estimate of drug-likeness (QED) is 0.762. The Morgan fingerprint density at radius 3 is 2.60 bits per heavy atom. The maximum Gasteiger partial charge on any atom is 0.161 e. The van der Waals surface area contributed by atoms with Crippen LogP contribution in [-0.4, -0.2) is 12.7 Å². The first-order valence-electron chi connectivity index (χ1n) is 6.75.